The van der Waals surface area contributed by atoms with Gasteiger partial charge in [0, 0.05) is 11.8 Å². The molecule has 4 rings (SSSR count). The molecule has 0 saturated heterocycles. The molecule has 2 aliphatic rings. The zero-order valence-electron chi connectivity index (χ0n) is 13.5. The minimum Gasteiger partial charge on any atom is -0.365 e. The van der Waals surface area contributed by atoms with Gasteiger partial charge in [-0.3, -0.25) is 4.57 Å². The van der Waals surface area contributed by atoms with E-state index >= 15 is 0 Å². The van der Waals surface area contributed by atoms with Gasteiger partial charge in [-0.2, -0.15) is 5.26 Å². The van der Waals surface area contributed by atoms with E-state index in [2.05, 4.69) is 22.1 Å². The molecule has 2 heterocycles. The Balaban J connectivity index is 1.99. The smallest absolute Gasteiger partial charge is 0.205 e. The maximum atomic E-state index is 10.6. The number of aryl methyl sites for hydroxylation is 1. The number of imidazole rings is 1. The summed E-state index contributed by atoms with van der Waals surface area (Å²) in [6, 6.07) is 7.77. The van der Waals surface area contributed by atoms with Crippen LogP contribution < -0.4 is 0 Å². The number of aliphatic hydroxyl groups excluding tert-OH is 1. The van der Waals surface area contributed by atoms with E-state index in [0.29, 0.717) is 11.4 Å². The number of hydrogen-bond donors (Lipinski definition) is 1. The Morgan fingerprint density at radius 2 is 2.21 bits per heavy atom. The predicted molar refractivity (Wildman–Crippen MR) is 91.1 cm³/mol. The van der Waals surface area contributed by atoms with Crippen molar-refractivity contribution in [1.82, 2.24) is 9.55 Å². The molecule has 0 fully saturated rings. The molecule has 0 spiro atoms. The molecule has 1 aliphatic heterocycles. The second kappa shape index (κ2) is 5.73. The maximum Gasteiger partial charge on any atom is 0.205 e. The van der Waals surface area contributed by atoms with Gasteiger partial charge in [0.15, 0.2) is 5.82 Å². The van der Waals surface area contributed by atoms with Crippen molar-refractivity contribution in [2.75, 3.05) is 0 Å². The number of aromatic nitrogens is 2. The van der Waals surface area contributed by atoms with Gasteiger partial charge in [-0.15, -0.1) is 0 Å². The summed E-state index contributed by atoms with van der Waals surface area (Å²) in [5.41, 5.74) is 5.16. The molecular weight excluding hydrogens is 300 g/mol. The number of nitriles is 1. The van der Waals surface area contributed by atoms with Crippen molar-refractivity contribution in [3.63, 3.8) is 0 Å². The normalized spacial score (nSPS) is 19.5. The fourth-order valence-corrected chi connectivity index (χ4v) is 3.46. The van der Waals surface area contributed by atoms with Crippen LogP contribution in [0.3, 0.4) is 0 Å². The van der Waals surface area contributed by atoms with Crippen LogP contribution in [0.25, 0.3) is 5.69 Å². The largest absolute Gasteiger partial charge is 0.365 e. The lowest BCUT2D eigenvalue weighted by atomic mass is 9.91. The second-order valence-corrected chi connectivity index (χ2v) is 6.28. The molecule has 0 radical (unpaired) electrons. The first-order valence-corrected chi connectivity index (χ1v) is 8.23. The van der Waals surface area contributed by atoms with Gasteiger partial charge in [0.25, 0.3) is 0 Å². The molecule has 0 amide bonds. The molecule has 0 saturated carbocycles. The van der Waals surface area contributed by atoms with Crippen LogP contribution in [-0.4, -0.2) is 20.4 Å². The molecule has 1 aromatic carbocycles. The fourth-order valence-electron chi connectivity index (χ4n) is 3.46. The summed E-state index contributed by atoms with van der Waals surface area (Å²) in [6.07, 6.45) is 7.39. The van der Waals surface area contributed by atoms with Crippen molar-refractivity contribution < 1.29 is 5.11 Å². The number of benzene rings is 1. The van der Waals surface area contributed by atoms with Gasteiger partial charge in [0.2, 0.25) is 6.23 Å². The highest BCUT2D eigenvalue weighted by atomic mass is 16.3. The van der Waals surface area contributed by atoms with E-state index in [1.807, 2.05) is 29.8 Å². The summed E-state index contributed by atoms with van der Waals surface area (Å²) < 4.78 is 1.89. The number of allylic oxidation sites excluding steroid dienone is 2. The first-order valence-electron chi connectivity index (χ1n) is 8.23. The molecule has 1 aliphatic carbocycles. The minimum atomic E-state index is -1.01. The Bertz CT molecular complexity index is 914. The van der Waals surface area contributed by atoms with Crippen molar-refractivity contribution in [3.05, 3.63) is 58.7 Å². The van der Waals surface area contributed by atoms with E-state index in [-0.39, 0.29) is 0 Å². The van der Waals surface area contributed by atoms with E-state index < -0.39 is 6.23 Å². The van der Waals surface area contributed by atoms with Crippen molar-refractivity contribution >= 4 is 5.71 Å². The Hall–Kier alpha value is -2.71. The van der Waals surface area contributed by atoms with Crippen LogP contribution >= 0.6 is 0 Å². The van der Waals surface area contributed by atoms with E-state index in [1.165, 1.54) is 6.42 Å². The zero-order valence-corrected chi connectivity index (χ0v) is 13.5. The van der Waals surface area contributed by atoms with Crippen LogP contribution in [-0.2, 0) is 0 Å². The number of aliphatic imine (C=N–C) groups is 1. The van der Waals surface area contributed by atoms with Gasteiger partial charge in [0.1, 0.15) is 0 Å². The van der Waals surface area contributed by atoms with Crippen LogP contribution in [0, 0.1) is 18.3 Å². The van der Waals surface area contributed by atoms with E-state index in [0.717, 1.165) is 47.5 Å². The lowest BCUT2D eigenvalue weighted by Crippen LogP contribution is -2.11. The summed E-state index contributed by atoms with van der Waals surface area (Å²) in [6.45, 7) is 1.89. The van der Waals surface area contributed by atoms with Crippen molar-refractivity contribution in [3.8, 4) is 11.8 Å². The molecule has 0 bridgehead atoms. The number of nitrogens with zero attached hydrogens (tertiary/aromatic N) is 4. The third-order valence-electron chi connectivity index (χ3n) is 4.57. The average molecular weight is 318 g/mol. The molecule has 1 aromatic heterocycles. The predicted octanol–water partition coefficient (Wildman–Crippen LogP) is 3.35. The van der Waals surface area contributed by atoms with Gasteiger partial charge < -0.3 is 5.11 Å². The van der Waals surface area contributed by atoms with Crippen molar-refractivity contribution in [2.24, 2.45) is 4.99 Å². The van der Waals surface area contributed by atoms with Crippen molar-refractivity contribution in [1.29, 1.82) is 5.26 Å². The molecule has 1 N–H and O–H groups in total. The number of rotatable bonds is 1. The molecule has 5 heteroatoms. The Labute approximate surface area is 140 Å². The minimum absolute atomic E-state index is 0.518. The maximum absolute atomic E-state index is 10.6. The zero-order chi connectivity index (χ0) is 16.7. The van der Waals surface area contributed by atoms with Gasteiger partial charge >= 0.3 is 0 Å². The van der Waals surface area contributed by atoms with Gasteiger partial charge in [0.05, 0.1) is 28.7 Å². The number of aliphatic hydroxyl groups is 1. The van der Waals surface area contributed by atoms with E-state index in [9.17, 15) is 10.4 Å². The molecule has 1 unspecified atom stereocenters. The Morgan fingerprint density at radius 3 is 2.96 bits per heavy atom. The monoisotopic (exact) mass is 318 g/mol. The van der Waals surface area contributed by atoms with Crippen LogP contribution in [0.1, 0.15) is 54.6 Å². The highest BCUT2D eigenvalue weighted by Gasteiger charge is 2.26. The first kappa shape index (κ1) is 14.9. The molecule has 24 heavy (non-hydrogen) atoms. The second-order valence-electron chi connectivity index (χ2n) is 6.28. The Morgan fingerprint density at radius 1 is 1.33 bits per heavy atom. The average Bonchev–Trinajstić information content (AvgIpc) is 2.97. The third kappa shape index (κ3) is 2.36. The number of hydrogen-bond acceptors (Lipinski definition) is 4. The third-order valence-corrected chi connectivity index (χ3v) is 4.57. The number of fused-ring (bicyclic) bond motifs is 3. The molecule has 5 nitrogen and oxygen atoms in total. The summed E-state index contributed by atoms with van der Waals surface area (Å²) in [5, 5.41) is 19.9. The molecule has 1 atom stereocenters. The summed E-state index contributed by atoms with van der Waals surface area (Å²) in [7, 11) is 0. The van der Waals surface area contributed by atoms with Crippen LogP contribution in [0.15, 0.2) is 41.0 Å². The molecular formula is C19H18N4O. The molecule has 120 valence electrons. The highest BCUT2D eigenvalue weighted by Crippen LogP contribution is 2.32. The van der Waals surface area contributed by atoms with Gasteiger partial charge in [-0.05, 0) is 56.4 Å². The first-order chi connectivity index (χ1) is 11.7. The van der Waals surface area contributed by atoms with Crippen LogP contribution in [0.4, 0.5) is 0 Å². The quantitative estimate of drug-likeness (QED) is 0.876. The van der Waals surface area contributed by atoms with Gasteiger partial charge in [-0.1, -0.05) is 6.08 Å². The summed E-state index contributed by atoms with van der Waals surface area (Å²) in [4.78, 5) is 9.02. The molecule has 2 aromatic rings. The van der Waals surface area contributed by atoms with Crippen LogP contribution in [0.5, 0.6) is 0 Å². The Kier molecular flexibility index (Phi) is 3.55. The lowest BCUT2D eigenvalue weighted by molar-refractivity contribution is 0.177. The topological polar surface area (TPSA) is 74.2 Å². The van der Waals surface area contributed by atoms with Gasteiger partial charge in [-0.25, -0.2) is 9.98 Å². The van der Waals surface area contributed by atoms with Crippen molar-refractivity contribution in [2.45, 2.75) is 38.8 Å². The standard InChI is InChI=1S/C19H18N4O/c1-12-11-23-16-8-7-13(10-20)9-15(16)17(14-5-3-2-4-6-14)22-19(24)18(23)21-12/h5,7-9,11,19,24H,2-4,6H2,1H3. The van der Waals surface area contributed by atoms with E-state index in [4.69, 9.17) is 0 Å². The van der Waals surface area contributed by atoms with E-state index in [1.54, 1.807) is 6.07 Å². The summed E-state index contributed by atoms with van der Waals surface area (Å²) >= 11 is 0. The fraction of sp³-hybridized carbons (Fsp3) is 0.316. The SMILES string of the molecule is Cc1cn2c(n1)C(O)N=C(C1=CCCCC1)c1cc(C#N)ccc1-2. The lowest BCUT2D eigenvalue weighted by Gasteiger charge is -2.17. The summed E-state index contributed by atoms with van der Waals surface area (Å²) in [5.74, 6) is 0.518. The van der Waals surface area contributed by atoms with Crippen LogP contribution in [0.2, 0.25) is 0 Å². The highest BCUT2D eigenvalue weighted by molar-refractivity contribution is 6.15.